The molecule has 0 aliphatic heterocycles. The predicted molar refractivity (Wildman–Crippen MR) is 120 cm³/mol. The third kappa shape index (κ3) is 4.77. The molecule has 5 nitrogen and oxygen atoms in total. The number of thioether (sulfide) groups is 1. The molecule has 0 unspecified atom stereocenters. The number of carbonyl (C=O) groups is 1. The van der Waals surface area contributed by atoms with Gasteiger partial charge in [-0.25, -0.2) is 4.98 Å². The van der Waals surface area contributed by atoms with E-state index in [1.54, 1.807) is 34.9 Å². The summed E-state index contributed by atoms with van der Waals surface area (Å²) >= 11 is 10.6. The van der Waals surface area contributed by atoms with Crippen molar-refractivity contribution >= 4 is 61.8 Å². The van der Waals surface area contributed by atoms with Crippen LogP contribution in [-0.2, 0) is 11.3 Å². The van der Waals surface area contributed by atoms with Gasteiger partial charge in [-0.15, -0.1) is 0 Å². The first kappa shape index (κ1) is 20.9. The molecule has 0 bridgehead atoms. The molecule has 0 aliphatic rings. The lowest BCUT2D eigenvalue weighted by atomic mass is 10.2. The molecule has 1 aromatic heterocycles. The number of fused-ring (bicyclic) bond motifs is 1. The van der Waals surface area contributed by atoms with E-state index in [4.69, 9.17) is 11.6 Å². The van der Waals surface area contributed by atoms with E-state index in [1.807, 2.05) is 19.9 Å². The van der Waals surface area contributed by atoms with Crippen LogP contribution in [0.5, 0.6) is 0 Å². The van der Waals surface area contributed by atoms with E-state index < -0.39 is 0 Å². The summed E-state index contributed by atoms with van der Waals surface area (Å²) in [6, 6.07) is 10.7. The largest absolute Gasteiger partial charge is 0.325 e. The molecule has 3 aromatic rings. The summed E-state index contributed by atoms with van der Waals surface area (Å²) in [6.45, 7) is 4.44. The van der Waals surface area contributed by atoms with Crippen LogP contribution >= 0.6 is 39.3 Å². The molecule has 146 valence electrons. The molecule has 0 aliphatic carbocycles. The second-order valence-corrected chi connectivity index (χ2v) is 8.60. The molecule has 0 saturated heterocycles. The van der Waals surface area contributed by atoms with Gasteiger partial charge in [0.1, 0.15) is 0 Å². The number of carbonyl (C=O) groups excluding carboxylic acids is 1. The highest BCUT2D eigenvalue weighted by Gasteiger charge is 2.14. The lowest BCUT2D eigenvalue weighted by Crippen LogP contribution is -2.24. The van der Waals surface area contributed by atoms with Crippen molar-refractivity contribution in [1.82, 2.24) is 9.55 Å². The van der Waals surface area contributed by atoms with Crippen LogP contribution in [0.25, 0.3) is 10.9 Å². The van der Waals surface area contributed by atoms with E-state index in [0.717, 1.165) is 22.1 Å². The highest BCUT2D eigenvalue weighted by atomic mass is 79.9. The molecule has 2 aromatic carbocycles. The average molecular weight is 481 g/mol. The van der Waals surface area contributed by atoms with Crippen LogP contribution in [-0.4, -0.2) is 21.2 Å². The van der Waals surface area contributed by atoms with Crippen LogP contribution in [0.4, 0.5) is 5.69 Å². The molecule has 1 amide bonds. The summed E-state index contributed by atoms with van der Waals surface area (Å²) in [6.07, 6.45) is 0.796. The number of halogens is 2. The van der Waals surface area contributed by atoms with Crippen molar-refractivity contribution < 1.29 is 4.79 Å². The van der Waals surface area contributed by atoms with Gasteiger partial charge in [0.15, 0.2) is 5.16 Å². The number of hydrogen-bond acceptors (Lipinski definition) is 4. The van der Waals surface area contributed by atoms with Crippen molar-refractivity contribution in [3.8, 4) is 0 Å². The van der Waals surface area contributed by atoms with Crippen LogP contribution in [0.3, 0.4) is 0 Å². The maximum absolute atomic E-state index is 12.9. The third-order valence-electron chi connectivity index (χ3n) is 4.12. The van der Waals surface area contributed by atoms with E-state index >= 15 is 0 Å². The minimum absolute atomic E-state index is 0.0930. The standard InChI is InChI=1S/C20H19BrClN3O2S/c1-3-8-25-19(27)15-10-13(21)4-6-17(15)24-20(25)28-11-18(26)23-16-7-5-14(22)9-12(16)2/h4-7,9-10H,3,8,11H2,1-2H3,(H,23,26). The predicted octanol–water partition coefficient (Wildman–Crippen LogP) is 5.26. The highest BCUT2D eigenvalue weighted by molar-refractivity contribution is 9.10. The van der Waals surface area contributed by atoms with E-state index in [9.17, 15) is 9.59 Å². The quantitative estimate of drug-likeness (QED) is 0.386. The van der Waals surface area contributed by atoms with Crippen LogP contribution in [0, 0.1) is 6.92 Å². The molecular formula is C20H19BrClN3O2S. The average Bonchev–Trinajstić information content (AvgIpc) is 2.65. The third-order valence-corrected chi connectivity index (χ3v) is 5.83. The Morgan fingerprint density at radius 2 is 2.07 bits per heavy atom. The minimum atomic E-state index is -0.163. The van der Waals surface area contributed by atoms with E-state index in [1.165, 1.54) is 11.8 Å². The van der Waals surface area contributed by atoms with Crippen LogP contribution in [0.2, 0.25) is 5.02 Å². The first-order valence-electron chi connectivity index (χ1n) is 8.78. The first-order valence-corrected chi connectivity index (χ1v) is 10.9. The van der Waals surface area contributed by atoms with Crippen molar-refractivity contribution in [2.45, 2.75) is 32.0 Å². The highest BCUT2D eigenvalue weighted by Crippen LogP contribution is 2.23. The lowest BCUT2D eigenvalue weighted by molar-refractivity contribution is -0.113. The summed E-state index contributed by atoms with van der Waals surface area (Å²) < 4.78 is 2.47. The van der Waals surface area contributed by atoms with Crippen LogP contribution in [0.15, 0.2) is 50.8 Å². The number of hydrogen-bond donors (Lipinski definition) is 1. The molecule has 0 fully saturated rings. The van der Waals surface area contributed by atoms with Gasteiger partial charge in [0, 0.05) is 21.7 Å². The topological polar surface area (TPSA) is 64.0 Å². The van der Waals surface area contributed by atoms with E-state index in [-0.39, 0.29) is 17.2 Å². The Bertz CT molecular complexity index is 1100. The number of nitrogens with one attached hydrogen (secondary N) is 1. The van der Waals surface area contributed by atoms with Crippen molar-refractivity contribution in [3.63, 3.8) is 0 Å². The molecule has 1 heterocycles. The Balaban J connectivity index is 1.83. The van der Waals surface area contributed by atoms with Crippen LogP contribution < -0.4 is 10.9 Å². The molecule has 8 heteroatoms. The molecule has 1 N–H and O–H groups in total. The normalized spacial score (nSPS) is 11.0. The van der Waals surface area contributed by atoms with Crippen molar-refractivity contribution in [2.75, 3.05) is 11.1 Å². The monoisotopic (exact) mass is 479 g/mol. The first-order chi connectivity index (χ1) is 13.4. The number of rotatable bonds is 6. The van der Waals surface area contributed by atoms with Gasteiger partial charge in [-0.3, -0.25) is 14.2 Å². The minimum Gasteiger partial charge on any atom is -0.325 e. The van der Waals surface area contributed by atoms with Gasteiger partial charge in [0.05, 0.1) is 16.7 Å². The number of amides is 1. The van der Waals surface area contributed by atoms with Crippen LogP contribution in [0.1, 0.15) is 18.9 Å². The summed E-state index contributed by atoms with van der Waals surface area (Å²) in [5.41, 5.74) is 2.14. The number of benzene rings is 2. The molecule has 0 spiro atoms. The lowest BCUT2D eigenvalue weighted by Gasteiger charge is -2.13. The summed E-state index contributed by atoms with van der Waals surface area (Å²) in [4.78, 5) is 29.9. The Morgan fingerprint density at radius 1 is 1.29 bits per heavy atom. The van der Waals surface area contributed by atoms with Gasteiger partial charge in [-0.05, 0) is 55.3 Å². The second-order valence-electron chi connectivity index (χ2n) is 6.31. The van der Waals surface area contributed by atoms with E-state index in [2.05, 4.69) is 26.2 Å². The van der Waals surface area contributed by atoms with Crippen molar-refractivity contribution in [1.29, 1.82) is 0 Å². The number of nitrogens with zero attached hydrogens (tertiary/aromatic N) is 2. The molecule has 3 rings (SSSR count). The van der Waals surface area contributed by atoms with Gasteiger partial charge in [0.25, 0.3) is 5.56 Å². The SMILES string of the molecule is CCCn1c(SCC(=O)Nc2ccc(Cl)cc2C)nc2ccc(Br)cc2c1=O. The molecule has 0 saturated carbocycles. The smallest absolute Gasteiger partial charge is 0.262 e. The zero-order chi connectivity index (χ0) is 20.3. The molecular weight excluding hydrogens is 462 g/mol. The van der Waals surface area contributed by atoms with Gasteiger partial charge in [0.2, 0.25) is 5.91 Å². The zero-order valence-electron chi connectivity index (χ0n) is 15.5. The maximum atomic E-state index is 12.9. The van der Waals surface area contributed by atoms with Crippen molar-refractivity contribution in [2.24, 2.45) is 0 Å². The van der Waals surface area contributed by atoms with Crippen molar-refractivity contribution in [3.05, 3.63) is 61.8 Å². The number of anilines is 1. The van der Waals surface area contributed by atoms with Gasteiger partial charge < -0.3 is 5.32 Å². The Labute approximate surface area is 180 Å². The number of aryl methyl sites for hydroxylation is 1. The van der Waals surface area contributed by atoms with E-state index in [0.29, 0.717) is 27.6 Å². The Morgan fingerprint density at radius 3 is 2.79 bits per heavy atom. The molecule has 0 atom stereocenters. The Hall–Kier alpha value is -1.83. The maximum Gasteiger partial charge on any atom is 0.262 e. The fraction of sp³-hybridized carbons (Fsp3) is 0.250. The van der Waals surface area contributed by atoms with Gasteiger partial charge in [-0.1, -0.05) is 46.2 Å². The fourth-order valence-corrected chi connectivity index (χ4v) is 4.20. The van der Waals surface area contributed by atoms with Gasteiger partial charge in [-0.2, -0.15) is 0 Å². The zero-order valence-corrected chi connectivity index (χ0v) is 18.6. The second kappa shape index (κ2) is 9.11. The molecule has 28 heavy (non-hydrogen) atoms. The number of aromatic nitrogens is 2. The summed E-state index contributed by atoms with van der Waals surface area (Å²) in [5.74, 6) is -0.0103. The Kier molecular flexibility index (Phi) is 6.80. The van der Waals surface area contributed by atoms with Gasteiger partial charge >= 0.3 is 0 Å². The summed E-state index contributed by atoms with van der Waals surface area (Å²) in [5, 5.41) is 4.61. The molecule has 0 radical (unpaired) electrons. The summed E-state index contributed by atoms with van der Waals surface area (Å²) in [7, 11) is 0. The fourth-order valence-electron chi connectivity index (χ4n) is 2.79.